The number of aliphatic hydroxyl groups excluding tert-OH is 1. The monoisotopic (exact) mass is 369 g/mol. The van der Waals surface area contributed by atoms with Gasteiger partial charge in [-0.15, -0.1) is 0 Å². The molecule has 0 rings (SSSR count). The van der Waals surface area contributed by atoms with Crippen molar-refractivity contribution in [1.29, 1.82) is 0 Å². The predicted octanol–water partition coefficient (Wildman–Crippen LogP) is 2.46. The summed E-state index contributed by atoms with van der Waals surface area (Å²) >= 11 is 0. The fourth-order valence-corrected chi connectivity index (χ4v) is 0.161. The van der Waals surface area contributed by atoms with Crippen LogP contribution < -0.4 is 0 Å². The van der Waals surface area contributed by atoms with Gasteiger partial charge in [0.1, 0.15) is 0 Å². The zero-order chi connectivity index (χ0) is 8.58. The van der Waals surface area contributed by atoms with Crippen molar-refractivity contribution >= 4 is 0 Å². The first-order valence-corrected chi connectivity index (χ1v) is 1.86. The second kappa shape index (κ2) is 5.05. The van der Waals surface area contributed by atoms with E-state index in [0.717, 1.165) is 0 Å². The third-order valence-electron chi connectivity index (χ3n) is 0.537. The summed E-state index contributed by atoms with van der Waals surface area (Å²) in [6, 6.07) is 0. The summed E-state index contributed by atoms with van der Waals surface area (Å²) in [6.07, 6.45) is -14.9. The summed E-state index contributed by atoms with van der Waals surface area (Å²) in [7, 11) is 0. The predicted molar refractivity (Wildman–Crippen MR) is 23.7 cm³/mol. The van der Waals surface area contributed by atoms with Gasteiger partial charge in [-0.1, -0.05) is 0 Å². The molecule has 0 aromatic rings. The van der Waals surface area contributed by atoms with Crippen LogP contribution in [0.15, 0.2) is 0 Å². The minimum Gasteiger partial charge on any atom is -0.546 e. The molecule has 1 radical (unpaired) electrons. The Hall–Kier alpha value is 0.202. The number of rotatable bonds is 0. The standard InChI is InChI=1S/C3HF6O.CH3.Re/c4-2(5,6)1(10)3(7,8)9;;/h10H;1H3;/q2*-1;. The van der Waals surface area contributed by atoms with Crippen LogP contribution in [0.2, 0.25) is 0 Å². The van der Waals surface area contributed by atoms with E-state index in [-0.39, 0.29) is 27.8 Å². The maximum absolute atomic E-state index is 10.9. The van der Waals surface area contributed by atoms with Crippen molar-refractivity contribution in [2.75, 3.05) is 0 Å². The van der Waals surface area contributed by atoms with Gasteiger partial charge in [0.2, 0.25) is 0 Å². The van der Waals surface area contributed by atoms with Crippen LogP contribution in [0.25, 0.3) is 0 Å². The molecule has 0 aromatic heterocycles. The summed E-state index contributed by atoms with van der Waals surface area (Å²) in [5, 5.41) is 7.39. The fraction of sp³-hybridized carbons (Fsp3) is 0.500. The molecule has 0 unspecified atom stereocenters. The van der Waals surface area contributed by atoms with Crippen LogP contribution in [0.4, 0.5) is 26.3 Å². The van der Waals surface area contributed by atoms with Crippen molar-refractivity contribution in [3.8, 4) is 0 Å². The molecule has 0 aliphatic rings. The summed E-state index contributed by atoms with van der Waals surface area (Å²) in [5.74, 6) is 0. The SMILES string of the molecule is O[C-](C(F)(F)F)C(F)(F)F.[CH3-].[Re]. The molecule has 0 spiro atoms. The van der Waals surface area contributed by atoms with Gasteiger partial charge in [0.25, 0.3) is 0 Å². The average Bonchev–Trinajstić information content (AvgIpc) is 1.59. The summed E-state index contributed by atoms with van der Waals surface area (Å²) < 4.78 is 65.6. The molecule has 12 heavy (non-hydrogen) atoms. The van der Waals surface area contributed by atoms with E-state index in [1.165, 1.54) is 0 Å². The van der Waals surface area contributed by atoms with Crippen LogP contribution >= 0.6 is 0 Å². The van der Waals surface area contributed by atoms with Crippen LogP contribution in [0, 0.1) is 13.5 Å². The summed E-state index contributed by atoms with van der Waals surface area (Å²) in [5.41, 5.74) is 0. The second-order valence-electron chi connectivity index (χ2n) is 1.34. The van der Waals surface area contributed by atoms with Crippen LogP contribution in [-0.4, -0.2) is 17.5 Å². The van der Waals surface area contributed by atoms with E-state index in [2.05, 4.69) is 0 Å². The smallest absolute Gasteiger partial charge is 0.302 e. The van der Waals surface area contributed by atoms with Crippen molar-refractivity contribution < 1.29 is 51.9 Å². The fourth-order valence-electron chi connectivity index (χ4n) is 0.161. The minimum atomic E-state index is -5.71. The van der Waals surface area contributed by atoms with E-state index in [4.69, 9.17) is 5.11 Å². The van der Waals surface area contributed by atoms with E-state index < -0.39 is 18.5 Å². The topological polar surface area (TPSA) is 20.2 Å². The molecule has 1 nitrogen and oxygen atoms in total. The second-order valence-corrected chi connectivity index (χ2v) is 1.34. The zero-order valence-corrected chi connectivity index (χ0v) is 8.31. The first-order chi connectivity index (χ1) is 4.15. The average molecular weight is 368 g/mol. The third kappa shape index (κ3) is 5.80. The quantitative estimate of drug-likeness (QED) is 0.515. The van der Waals surface area contributed by atoms with Crippen molar-refractivity contribution in [3.05, 3.63) is 13.5 Å². The van der Waals surface area contributed by atoms with Gasteiger partial charge in [-0.25, -0.2) is 26.3 Å². The Morgan fingerprint density at radius 1 is 0.833 bits per heavy atom. The molecule has 0 aliphatic carbocycles. The van der Waals surface area contributed by atoms with E-state index >= 15 is 0 Å². The Morgan fingerprint density at radius 3 is 1.00 bits per heavy atom. The molecule has 0 bridgehead atoms. The number of hydrogen-bond acceptors (Lipinski definition) is 1. The third-order valence-corrected chi connectivity index (χ3v) is 0.537. The van der Waals surface area contributed by atoms with Crippen LogP contribution in [0.3, 0.4) is 0 Å². The maximum atomic E-state index is 10.9. The van der Waals surface area contributed by atoms with E-state index in [1.807, 2.05) is 0 Å². The van der Waals surface area contributed by atoms with E-state index in [0.29, 0.717) is 0 Å². The normalized spacial score (nSPS) is 12.0. The van der Waals surface area contributed by atoms with Crippen molar-refractivity contribution in [1.82, 2.24) is 0 Å². The molecule has 0 atom stereocenters. The Kier molecular flexibility index (Phi) is 7.60. The number of halogens is 6. The number of hydrogen-bond donors (Lipinski definition) is 1. The van der Waals surface area contributed by atoms with Crippen LogP contribution in [0.1, 0.15) is 0 Å². The zero-order valence-electron chi connectivity index (χ0n) is 5.59. The van der Waals surface area contributed by atoms with Gasteiger partial charge in [0.05, 0.1) is 0 Å². The van der Waals surface area contributed by atoms with E-state index in [1.54, 1.807) is 0 Å². The molecule has 77 valence electrons. The van der Waals surface area contributed by atoms with Crippen molar-refractivity contribution in [3.63, 3.8) is 0 Å². The summed E-state index contributed by atoms with van der Waals surface area (Å²) in [4.78, 5) is 0. The minimum absolute atomic E-state index is 0. The van der Waals surface area contributed by atoms with Gasteiger partial charge in [0.15, 0.2) is 0 Å². The molecule has 0 saturated carbocycles. The van der Waals surface area contributed by atoms with Gasteiger partial charge in [0, 0.05) is 26.5 Å². The molecular formula is C4H4F6ORe-2. The Bertz CT molecular complexity index is 104. The number of aliphatic hydroxyl groups is 1. The molecule has 0 saturated heterocycles. The first-order valence-electron chi connectivity index (χ1n) is 1.86. The Labute approximate surface area is 78.4 Å². The largest absolute Gasteiger partial charge is 0.546 e. The van der Waals surface area contributed by atoms with Crippen LogP contribution in [-0.2, 0) is 20.4 Å². The van der Waals surface area contributed by atoms with Crippen LogP contribution in [0.5, 0.6) is 0 Å². The molecular weight excluding hydrogens is 364 g/mol. The molecule has 0 aliphatic heterocycles. The maximum Gasteiger partial charge on any atom is 0.302 e. The molecule has 0 amide bonds. The summed E-state index contributed by atoms with van der Waals surface area (Å²) in [6.45, 7) is 0. The van der Waals surface area contributed by atoms with Gasteiger partial charge in [-0.3, -0.25) is 0 Å². The van der Waals surface area contributed by atoms with Gasteiger partial charge in [-0.05, 0) is 0 Å². The Balaban J connectivity index is -0.000000405. The van der Waals surface area contributed by atoms with Gasteiger partial charge < -0.3 is 12.5 Å². The molecule has 1 N–H and O–H groups in total. The van der Waals surface area contributed by atoms with Gasteiger partial charge >= 0.3 is 12.4 Å². The number of alkyl halides is 6. The molecule has 0 heterocycles. The molecule has 0 aromatic carbocycles. The molecule has 0 fully saturated rings. The Morgan fingerprint density at radius 2 is 1.00 bits per heavy atom. The first kappa shape index (κ1) is 18.1. The van der Waals surface area contributed by atoms with E-state index in [9.17, 15) is 26.3 Å². The molecule has 8 heteroatoms. The van der Waals surface area contributed by atoms with Crippen molar-refractivity contribution in [2.24, 2.45) is 0 Å². The van der Waals surface area contributed by atoms with Crippen molar-refractivity contribution in [2.45, 2.75) is 12.4 Å². The van der Waals surface area contributed by atoms with Gasteiger partial charge in [-0.2, -0.15) is 0 Å².